The maximum Gasteiger partial charge on any atom is 0.242 e. The van der Waals surface area contributed by atoms with Gasteiger partial charge in [-0.2, -0.15) is 0 Å². The third-order valence-electron chi connectivity index (χ3n) is 3.28. The van der Waals surface area contributed by atoms with Crippen LogP contribution in [0.1, 0.15) is 5.56 Å². The van der Waals surface area contributed by atoms with Crippen LogP contribution in [-0.4, -0.2) is 38.8 Å². The number of ether oxygens (including phenoxy) is 2. The minimum Gasteiger partial charge on any atom is -0.497 e. The van der Waals surface area contributed by atoms with Crippen molar-refractivity contribution in [1.82, 2.24) is 0 Å². The first kappa shape index (κ1) is 13.6. The van der Waals surface area contributed by atoms with Gasteiger partial charge in [0.2, 0.25) is 5.91 Å². The molecule has 0 spiro atoms. The molecule has 1 aromatic rings. The summed E-state index contributed by atoms with van der Waals surface area (Å²) in [6.07, 6.45) is 0. The first-order chi connectivity index (χ1) is 9.17. The summed E-state index contributed by atoms with van der Waals surface area (Å²) >= 11 is 0. The highest BCUT2D eigenvalue weighted by atomic mass is 16.5. The topological polar surface area (TPSA) is 90.8 Å². The van der Waals surface area contributed by atoms with Gasteiger partial charge in [-0.25, -0.2) is 0 Å². The molecule has 6 nitrogen and oxygen atoms in total. The fraction of sp³-hybridized carbons (Fsp3) is 0.462. The molecule has 0 aliphatic carbocycles. The van der Waals surface area contributed by atoms with Crippen LogP contribution >= 0.6 is 0 Å². The molecule has 1 aliphatic rings. The van der Waals surface area contributed by atoms with E-state index in [0.29, 0.717) is 26.3 Å². The van der Waals surface area contributed by atoms with Crippen LogP contribution in [0.5, 0.6) is 5.75 Å². The van der Waals surface area contributed by atoms with Crippen molar-refractivity contribution in [3.05, 3.63) is 23.8 Å². The van der Waals surface area contributed by atoms with E-state index in [1.807, 2.05) is 23.1 Å². The minimum absolute atomic E-state index is 0.302. The Hall–Kier alpha value is -1.79. The number of primary amides is 1. The quantitative estimate of drug-likeness (QED) is 0.789. The van der Waals surface area contributed by atoms with E-state index in [9.17, 15) is 4.79 Å². The summed E-state index contributed by atoms with van der Waals surface area (Å²) in [6.45, 7) is 1.86. The maximum atomic E-state index is 11.5. The predicted molar refractivity (Wildman–Crippen MR) is 72.0 cm³/mol. The lowest BCUT2D eigenvalue weighted by Crippen LogP contribution is -2.53. The lowest BCUT2D eigenvalue weighted by molar-refractivity contribution is -0.121. The molecule has 0 radical (unpaired) electrons. The van der Waals surface area contributed by atoms with Crippen molar-refractivity contribution < 1.29 is 14.3 Å². The monoisotopic (exact) mass is 265 g/mol. The fourth-order valence-electron chi connectivity index (χ4n) is 2.24. The number of nitrogens with two attached hydrogens (primary N) is 2. The van der Waals surface area contributed by atoms with Gasteiger partial charge in [-0.15, -0.1) is 0 Å². The highest BCUT2D eigenvalue weighted by Gasteiger charge is 2.29. The summed E-state index contributed by atoms with van der Waals surface area (Å²) in [5, 5.41) is 0. The molecule has 104 valence electrons. The Balaban J connectivity index is 2.39. The van der Waals surface area contributed by atoms with Gasteiger partial charge in [0.05, 0.1) is 20.3 Å². The fourth-order valence-corrected chi connectivity index (χ4v) is 2.24. The Labute approximate surface area is 112 Å². The van der Waals surface area contributed by atoms with Crippen LogP contribution in [0.25, 0.3) is 0 Å². The largest absolute Gasteiger partial charge is 0.497 e. The Morgan fingerprint density at radius 3 is 3.00 bits per heavy atom. The summed E-state index contributed by atoms with van der Waals surface area (Å²) in [4.78, 5) is 13.5. The first-order valence-corrected chi connectivity index (χ1v) is 6.18. The maximum absolute atomic E-state index is 11.5. The lowest BCUT2D eigenvalue weighted by atomic mass is 10.1. The van der Waals surface area contributed by atoms with E-state index in [-0.39, 0.29) is 0 Å². The summed E-state index contributed by atoms with van der Waals surface area (Å²) < 4.78 is 10.5. The molecule has 6 heteroatoms. The Bertz CT molecular complexity index is 464. The second-order valence-electron chi connectivity index (χ2n) is 4.39. The van der Waals surface area contributed by atoms with E-state index in [1.54, 1.807) is 7.11 Å². The number of rotatable bonds is 4. The van der Waals surface area contributed by atoms with Gasteiger partial charge in [0.1, 0.15) is 11.8 Å². The Morgan fingerprint density at radius 2 is 2.37 bits per heavy atom. The van der Waals surface area contributed by atoms with Gasteiger partial charge in [0.25, 0.3) is 0 Å². The molecule has 2 rings (SSSR count). The van der Waals surface area contributed by atoms with Crippen molar-refractivity contribution in [2.45, 2.75) is 12.6 Å². The molecule has 1 heterocycles. The Kier molecular flexibility index (Phi) is 4.24. The average molecular weight is 265 g/mol. The molecule has 0 bridgehead atoms. The van der Waals surface area contributed by atoms with Gasteiger partial charge in [0.15, 0.2) is 0 Å². The molecule has 0 aromatic heterocycles. The average Bonchev–Trinajstić information content (AvgIpc) is 2.46. The number of carbonyl (C=O) groups is 1. The van der Waals surface area contributed by atoms with Crippen LogP contribution in [-0.2, 0) is 16.1 Å². The van der Waals surface area contributed by atoms with E-state index in [2.05, 4.69) is 0 Å². The number of hydrogen-bond acceptors (Lipinski definition) is 5. The van der Waals surface area contributed by atoms with Crippen molar-refractivity contribution in [3.8, 4) is 5.75 Å². The minimum atomic E-state index is -0.467. The molecular formula is C13H19N3O3. The van der Waals surface area contributed by atoms with Gasteiger partial charge in [-0.3, -0.25) is 4.79 Å². The second-order valence-corrected chi connectivity index (χ2v) is 4.39. The van der Waals surface area contributed by atoms with E-state index in [0.717, 1.165) is 17.0 Å². The molecular weight excluding hydrogens is 246 g/mol. The van der Waals surface area contributed by atoms with Crippen molar-refractivity contribution in [3.63, 3.8) is 0 Å². The van der Waals surface area contributed by atoms with Gasteiger partial charge in [-0.1, -0.05) is 6.07 Å². The van der Waals surface area contributed by atoms with Gasteiger partial charge in [-0.05, 0) is 11.6 Å². The SMILES string of the molecule is COc1ccc(CN)c(N2CCOCC2C(N)=O)c1. The Morgan fingerprint density at radius 1 is 1.58 bits per heavy atom. The van der Waals surface area contributed by atoms with Crippen LogP contribution in [0.4, 0.5) is 5.69 Å². The first-order valence-electron chi connectivity index (χ1n) is 6.18. The molecule has 1 unspecified atom stereocenters. The van der Waals surface area contributed by atoms with E-state index in [1.165, 1.54) is 0 Å². The van der Waals surface area contributed by atoms with Crippen molar-refractivity contribution in [2.75, 3.05) is 31.8 Å². The van der Waals surface area contributed by atoms with Crippen molar-refractivity contribution >= 4 is 11.6 Å². The molecule has 0 saturated carbocycles. The normalized spacial score (nSPS) is 19.3. The smallest absolute Gasteiger partial charge is 0.242 e. The zero-order chi connectivity index (χ0) is 13.8. The van der Waals surface area contributed by atoms with Crippen LogP contribution < -0.4 is 21.1 Å². The molecule has 1 fully saturated rings. The summed E-state index contributed by atoms with van der Waals surface area (Å²) in [5.74, 6) is 0.326. The molecule has 1 aromatic carbocycles. The number of amides is 1. The van der Waals surface area contributed by atoms with Gasteiger partial charge >= 0.3 is 0 Å². The molecule has 1 aliphatic heterocycles. The molecule has 1 atom stereocenters. The van der Waals surface area contributed by atoms with Gasteiger partial charge < -0.3 is 25.8 Å². The van der Waals surface area contributed by atoms with E-state index < -0.39 is 11.9 Å². The summed E-state index contributed by atoms with van der Waals surface area (Å²) in [7, 11) is 1.60. The third-order valence-corrected chi connectivity index (χ3v) is 3.28. The number of methoxy groups -OCH3 is 1. The van der Waals surface area contributed by atoms with E-state index >= 15 is 0 Å². The number of morpholine rings is 1. The number of hydrogen-bond donors (Lipinski definition) is 2. The third kappa shape index (κ3) is 2.80. The van der Waals surface area contributed by atoms with Crippen molar-refractivity contribution in [2.24, 2.45) is 11.5 Å². The van der Waals surface area contributed by atoms with Crippen LogP contribution in [0.2, 0.25) is 0 Å². The number of carbonyl (C=O) groups excluding carboxylic acids is 1. The number of nitrogens with zero attached hydrogens (tertiary/aromatic N) is 1. The molecule has 4 N–H and O–H groups in total. The van der Waals surface area contributed by atoms with Gasteiger partial charge in [0, 0.05) is 24.8 Å². The lowest BCUT2D eigenvalue weighted by Gasteiger charge is -2.36. The highest BCUT2D eigenvalue weighted by Crippen LogP contribution is 2.28. The molecule has 1 saturated heterocycles. The number of benzene rings is 1. The molecule has 1 amide bonds. The zero-order valence-electron chi connectivity index (χ0n) is 11.0. The summed E-state index contributed by atoms with van der Waals surface area (Å²) in [5.41, 5.74) is 13.0. The van der Waals surface area contributed by atoms with E-state index in [4.69, 9.17) is 20.9 Å². The van der Waals surface area contributed by atoms with Crippen molar-refractivity contribution in [1.29, 1.82) is 0 Å². The number of anilines is 1. The standard InChI is InChI=1S/C13H19N3O3/c1-18-10-3-2-9(7-14)11(6-10)16-4-5-19-8-12(16)13(15)17/h2-3,6,12H,4-5,7-8,14H2,1H3,(H2,15,17). The molecule has 19 heavy (non-hydrogen) atoms. The van der Waals surface area contributed by atoms with Crippen LogP contribution in [0.3, 0.4) is 0 Å². The highest BCUT2D eigenvalue weighted by molar-refractivity contribution is 5.84. The predicted octanol–water partition coefficient (Wildman–Crippen LogP) is -0.156. The zero-order valence-corrected chi connectivity index (χ0v) is 11.0. The summed E-state index contributed by atoms with van der Waals surface area (Å²) in [6, 6.07) is 5.17. The van der Waals surface area contributed by atoms with Crippen LogP contribution in [0.15, 0.2) is 18.2 Å². The van der Waals surface area contributed by atoms with Crippen LogP contribution in [0, 0.1) is 0 Å². The second kappa shape index (κ2) is 5.90.